The van der Waals surface area contributed by atoms with E-state index in [4.69, 9.17) is 4.74 Å². The van der Waals surface area contributed by atoms with E-state index in [-0.39, 0.29) is 11.7 Å². The molecule has 1 fully saturated rings. The summed E-state index contributed by atoms with van der Waals surface area (Å²) in [7, 11) is 1.77. The van der Waals surface area contributed by atoms with E-state index in [2.05, 4.69) is 17.3 Å². The van der Waals surface area contributed by atoms with Crippen LogP contribution in [-0.2, 0) is 11.3 Å². The Morgan fingerprint density at radius 1 is 1.62 bits per heavy atom. The van der Waals surface area contributed by atoms with Crippen LogP contribution in [0.3, 0.4) is 0 Å². The second kappa shape index (κ2) is 4.65. The number of hydrogen-bond donors (Lipinski definition) is 1. The molecule has 1 aromatic rings. The van der Waals surface area contributed by atoms with E-state index in [1.54, 1.807) is 19.3 Å². The number of ether oxygens (including phenoxy) is 1. The third-order valence-corrected chi connectivity index (χ3v) is 2.85. The van der Waals surface area contributed by atoms with E-state index in [0.29, 0.717) is 12.6 Å². The SMILES string of the molecule is CNc1cnn(CC2CCC(C)O2)c(=O)c1. The second-order valence-corrected chi connectivity index (χ2v) is 4.16. The Morgan fingerprint density at radius 2 is 2.44 bits per heavy atom. The first-order chi connectivity index (χ1) is 7.69. The molecular formula is C11H17N3O2. The van der Waals surface area contributed by atoms with Crippen molar-refractivity contribution in [2.24, 2.45) is 0 Å². The summed E-state index contributed by atoms with van der Waals surface area (Å²) in [6, 6.07) is 1.55. The zero-order valence-electron chi connectivity index (χ0n) is 9.64. The predicted octanol–water partition coefficient (Wildman–Crippen LogP) is 0.852. The number of rotatable bonds is 3. The number of anilines is 1. The lowest BCUT2D eigenvalue weighted by Crippen LogP contribution is -2.28. The molecule has 0 saturated carbocycles. The summed E-state index contributed by atoms with van der Waals surface area (Å²) in [5.41, 5.74) is 0.650. The summed E-state index contributed by atoms with van der Waals surface area (Å²) >= 11 is 0. The molecule has 5 heteroatoms. The summed E-state index contributed by atoms with van der Waals surface area (Å²) in [4.78, 5) is 11.7. The van der Waals surface area contributed by atoms with Gasteiger partial charge in [-0.15, -0.1) is 0 Å². The molecule has 0 bridgehead atoms. The van der Waals surface area contributed by atoms with Crippen LogP contribution in [0.2, 0.25) is 0 Å². The Morgan fingerprint density at radius 3 is 3.00 bits per heavy atom. The van der Waals surface area contributed by atoms with Gasteiger partial charge in [-0.3, -0.25) is 4.79 Å². The van der Waals surface area contributed by atoms with Crippen molar-refractivity contribution in [1.29, 1.82) is 0 Å². The first-order valence-corrected chi connectivity index (χ1v) is 5.59. The minimum absolute atomic E-state index is 0.0880. The largest absolute Gasteiger partial charge is 0.387 e. The van der Waals surface area contributed by atoms with E-state index in [1.165, 1.54) is 4.68 Å². The van der Waals surface area contributed by atoms with Gasteiger partial charge in [-0.25, -0.2) is 4.68 Å². The van der Waals surface area contributed by atoms with Crippen LogP contribution in [0, 0.1) is 0 Å². The maximum absolute atomic E-state index is 11.7. The van der Waals surface area contributed by atoms with Gasteiger partial charge in [0, 0.05) is 13.1 Å². The van der Waals surface area contributed by atoms with Crippen molar-refractivity contribution in [3.8, 4) is 0 Å². The summed E-state index contributed by atoms with van der Waals surface area (Å²) in [5, 5.41) is 6.99. The molecule has 0 aliphatic carbocycles. The van der Waals surface area contributed by atoms with Crippen LogP contribution >= 0.6 is 0 Å². The fourth-order valence-corrected chi connectivity index (χ4v) is 1.92. The number of hydrogen-bond acceptors (Lipinski definition) is 4. The van der Waals surface area contributed by atoms with Crippen LogP contribution in [-0.4, -0.2) is 29.0 Å². The molecule has 2 heterocycles. The predicted molar refractivity (Wildman–Crippen MR) is 61.6 cm³/mol. The fraction of sp³-hybridized carbons (Fsp3) is 0.636. The van der Waals surface area contributed by atoms with Crippen LogP contribution < -0.4 is 10.9 Å². The molecule has 1 aromatic heterocycles. The van der Waals surface area contributed by atoms with Crippen molar-refractivity contribution in [2.45, 2.75) is 38.5 Å². The number of nitrogens with zero attached hydrogens (tertiary/aromatic N) is 2. The van der Waals surface area contributed by atoms with Crippen molar-refractivity contribution in [3.63, 3.8) is 0 Å². The average Bonchev–Trinajstić information content (AvgIpc) is 2.67. The van der Waals surface area contributed by atoms with Gasteiger partial charge in [0.05, 0.1) is 30.6 Å². The topological polar surface area (TPSA) is 56.1 Å². The summed E-state index contributed by atoms with van der Waals surface area (Å²) in [6.45, 7) is 2.60. The Bertz CT molecular complexity index is 416. The van der Waals surface area contributed by atoms with Gasteiger partial charge in [0.25, 0.3) is 5.56 Å². The van der Waals surface area contributed by atoms with Gasteiger partial charge in [0.2, 0.25) is 0 Å². The van der Waals surface area contributed by atoms with Crippen molar-refractivity contribution in [2.75, 3.05) is 12.4 Å². The molecule has 2 unspecified atom stereocenters. The van der Waals surface area contributed by atoms with E-state index in [0.717, 1.165) is 18.5 Å². The van der Waals surface area contributed by atoms with Crippen LogP contribution in [0.15, 0.2) is 17.1 Å². The first-order valence-electron chi connectivity index (χ1n) is 5.59. The van der Waals surface area contributed by atoms with Gasteiger partial charge >= 0.3 is 0 Å². The Balaban J connectivity index is 2.07. The molecule has 16 heavy (non-hydrogen) atoms. The highest BCUT2D eigenvalue weighted by molar-refractivity contribution is 5.37. The minimum Gasteiger partial charge on any atom is -0.387 e. The van der Waals surface area contributed by atoms with Crippen molar-refractivity contribution in [3.05, 3.63) is 22.6 Å². The van der Waals surface area contributed by atoms with Gasteiger partial charge < -0.3 is 10.1 Å². The van der Waals surface area contributed by atoms with Crippen molar-refractivity contribution < 1.29 is 4.74 Å². The molecule has 5 nitrogen and oxygen atoms in total. The minimum atomic E-state index is -0.0880. The van der Waals surface area contributed by atoms with E-state index < -0.39 is 0 Å². The first kappa shape index (κ1) is 11.1. The third-order valence-electron chi connectivity index (χ3n) is 2.85. The van der Waals surface area contributed by atoms with E-state index in [1.807, 2.05) is 0 Å². The quantitative estimate of drug-likeness (QED) is 0.825. The lowest BCUT2D eigenvalue weighted by Gasteiger charge is -2.12. The Labute approximate surface area is 94.4 Å². The lowest BCUT2D eigenvalue weighted by molar-refractivity contribution is 0.0428. The normalized spacial score (nSPS) is 24.6. The Hall–Kier alpha value is -1.36. The fourth-order valence-electron chi connectivity index (χ4n) is 1.92. The van der Waals surface area contributed by atoms with Gasteiger partial charge in [-0.1, -0.05) is 0 Å². The van der Waals surface area contributed by atoms with E-state index >= 15 is 0 Å². The zero-order chi connectivity index (χ0) is 11.5. The Kier molecular flexibility index (Phi) is 3.24. The number of nitrogens with one attached hydrogen (secondary N) is 1. The highest BCUT2D eigenvalue weighted by Crippen LogP contribution is 2.19. The summed E-state index contributed by atoms with van der Waals surface area (Å²) in [6.07, 6.45) is 4.15. The lowest BCUT2D eigenvalue weighted by atomic mass is 10.2. The molecule has 0 amide bonds. The molecule has 1 aliphatic rings. The van der Waals surface area contributed by atoms with Crippen LogP contribution in [0.25, 0.3) is 0 Å². The summed E-state index contributed by atoms with van der Waals surface area (Å²) < 4.78 is 7.12. The third kappa shape index (κ3) is 2.41. The van der Waals surface area contributed by atoms with Gasteiger partial charge in [-0.05, 0) is 19.8 Å². The average molecular weight is 223 g/mol. The van der Waals surface area contributed by atoms with Gasteiger partial charge in [-0.2, -0.15) is 5.10 Å². The molecule has 1 aliphatic heterocycles. The molecule has 2 atom stereocenters. The smallest absolute Gasteiger partial charge is 0.268 e. The molecule has 1 saturated heterocycles. The molecule has 0 spiro atoms. The van der Waals surface area contributed by atoms with Crippen LogP contribution in [0.4, 0.5) is 5.69 Å². The highest BCUT2D eigenvalue weighted by atomic mass is 16.5. The standard InChI is InChI=1S/C11H17N3O2/c1-8-3-4-10(16-8)7-14-11(15)5-9(12-2)6-13-14/h5-6,8,10,12H,3-4,7H2,1-2H3. The molecule has 0 aromatic carbocycles. The molecule has 88 valence electrons. The van der Waals surface area contributed by atoms with Crippen LogP contribution in [0.5, 0.6) is 0 Å². The maximum Gasteiger partial charge on any atom is 0.268 e. The highest BCUT2D eigenvalue weighted by Gasteiger charge is 2.22. The maximum atomic E-state index is 11.7. The molecule has 1 N–H and O–H groups in total. The van der Waals surface area contributed by atoms with Crippen molar-refractivity contribution in [1.82, 2.24) is 9.78 Å². The molecular weight excluding hydrogens is 206 g/mol. The molecule has 0 radical (unpaired) electrons. The summed E-state index contributed by atoms with van der Waals surface area (Å²) in [5.74, 6) is 0. The second-order valence-electron chi connectivity index (χ2n) is 4.16. The zero-order valence-corrected chi connectivity index (χ0v) is 9.64. The van der Waals surface area contributed by atoms with Crippen LogP contribution in [0.1, 0.15) is 19.8 Å². The monoisotopic (exact) mass is 223 g/mol. The van der Waals surface area contributed by atoms with Gasteiger partial charge in [0.15, 0.2) is 0 Å². The number of aromatic nitrogens is 2. The van der Waals surface area contributed by atoms with E-state index in [9.17, 15) is 4.79 Å². The van der Waals surface area contributed by atoms with Crippen molar-refractivity contribution >= 4 is 5.69 Å². The molecule has 2 rings (SSSR count). The van der Waals surface area contributed by atoms with Gasteiger partial charge in [0.1, 0.15) is 0 Å².